The van der Waals surface area contributed by atoms with Crippen molar-refractivity contribution in [1.82, 2.24) is 9.55 Å². The maximum Gasteiger partial charge on any atom is 0.232 e. The summed E-state index contributed by atoms with van der Waals surface area (Å²) >= 11 is 0. The van der Waals surface area contributed by atoms with Gasteiger partial charge in [-0.2, -0.15) is 0 Å². The second kappa shape index (κ2) is 7.92. The lowest BCUT2D eigenvalue weighted by Gasteiger charge is -2.30. The number of carbonyl (C=O) groups is 1. The fourth-order valence-electron chi connectivity index (χ4n) is 3.70. The summed E-state index contributed by atoms with van der Waals surface area (Å²) in [6.07, 6.45) is 3.94. The molecular weight excluding hydrogens is 338 g/mol. The van der Waals surface area contributed by atoms with Crippen LogP contribution >= 0.6 is 0 Å². The van der Waals surface area contributed by atoms with E-state index in [0.29, 0.717) is 6.42 Å². The molecule has 2 heterocycles. The Bertz CT molecular complexity index is 927. The normalized spacial score (nSPS) is 14.6. The zero-order chi connectivity index (χ0) is 18.6. The highest BCUT2D eigenvalue weighted by Gasteiger charge is 2.17. The predicted octanol–water partition coefficient (Wildman–Crippen LogP) is 3.84. The molecule has 4 rings (SSSR count). The highest BCUT2D eigenvalue weighted by atomic mass is 16.5. The van der Waals surface area contributed by atoms with Crippen LogP contribution in [0.15, 0.2) is 48.8 Å². The van der Waals surface area contributed by atoms with Crippen molar-refractivity contribution < 1.29 is 9.53 Å². The van der Waals surface area contributed by atoms with Gasteiger partial charge in [-0.3, -0.25) is 9.36 Å². The van der Waals surface area contributed by atoms with Crippen LogP contribution in [0.5, 0.6) is 0 Å². The average Bonchev–Trinajstić information content (AvgIpc) is 3.11. The minimum Gasteiger partial charge on any atom is -0.378 e. The Morgan fingerprint density at radius 2 is 1.93 bits per heavy atom. The smallest absolute Gasteiger partial charge is 0.232 e. The van der Waals surface area contributed by atoms with Gasteiger partial charge in [0.15, 0.2) is 0 Å². The molecule has 5 heteroatoms. The van der Waals surface area contributed by atoms with Crippen LogP contribution < -0.4 is 4.90 Å². The third-order valence-corrected chi connectivity index (χ3v) is 5.18. The first-order chi connectivity index (χ1) is 13.2. The molecule has 0 atom stereocenters. The van der Waals surface area contributed by atoms with Crippen LogP contribution in [0.1, 0.15) is 28.8 Å². The van der Waals surface area contributed by atoms with Crippen LogP contribution in [0.25, 0.3) is 11.0 Å². The quantitative estimate of drug-likeness (QED) is 0.691. The fraction of sp³-hybridized carbons (Fsp3) is 0.364. The lowest BCUT2D eigenvalue weighted by atomic mass is 10.1. The van der Waals surface area contributed by atoms with Gasteiger partial charge >= 0.3 is 0 Å². The number of anilines is 1. The average molecular weight is 363 g/mol. The standard InChI is InChI=1S/C22H25N3O2/c1-17-14-21-19(15-20(17)24-10-12-27-13-11-24)23-16-25(21)22(26)9-5-8-18-6-3-2-4-7-18/h2-4,6-7,14-16H,5,8-13H2,1H3. The molecule has 1 saturated heterocycles. The van der Waals surface area contributed by atoms with E-state index in [9.17, 15) is 4.79 Å². The van der Waals surface area contributed by atoms with E-state index in [4.69, 9.17) is 4.74 Å². The number of carbonyl (C=O) groups excluding carboxylic acids is 1. The molecule has 0 bridgehead atoms. The molecule has 0 N–H and O–H groups in total. The van der Waals surface area contributed by atoms with Crippen molar-refractivity contribution in [2.75, 3.05) is 31.2 Å². The largest absolute Gasteiger partial charge is 0.378 e. The molecule has 0 unspecified atom stereocenters. The van der Waals surface area contributed by atoms with Gasteiger partial charge < -0.3 is 9.64 Å². The number of hydrogen-bond donors (Lipinski definition) is 0. The van der Waals surface area contributed by atoms with Crippen LogP contribution in [-0.2, 0) is 11.2 Å². The summed E-state index contributed by atoms with van der Waals surface area (Å²) in [5.41, 5.74) is 5.40. The lowest BCUT2D eigenvalue weighted by Crippen LogP contribution is -2.36. The first kappa shape index (κ1) is 17.7. The minimum atomic E-state index is 0.104. The molecule has 5 nitrogen and oxygen atoms in total. The summed E-state index contributed by atoms with van der Waals surface area (Å²) in [5, 5.41) is 0. The number of imidazole rings is 1. The van der Waals surface area contributed by atoms with E-state index in [-0.39, 0.29) is 5.91 Å². The van der Waals surface area contributed by atoms with E-state index in [0.717, 1.165) is 50.2 Å². The van der Waals surface area contributed by atoms with Crippen molar-refractivity contribution in [2.45, 2.75) is 26.2 Å². The predicted molar refractivity (Wildman–Crippen MR) is 108 cm³/mol. The molecule has 0 spiro atoms. The Hall–Kier alpha value is -2.66. The summed E-state index contributed by atoms with van der Waals surface area (Å²) in [6, 6.07) is 14.5. The molecule has 1 aromatic heterocycles. The summed E-state index contributed by atoms with van der Waals surface area (Å²) in [4.78, 5) is 19.5. The van der Waals surface area contributed by atoms with Crippen molar-refractivity contribution in [2.24, 2.45) is 0 Å². The number of rotatable bonds is 5. The minimum absolute atomic E-state index is 0.104. The lowest BCUT2D eigenvalue weighted by molar-refractivity contribution is 0.0905. The Morgan fingerprint density at radius 3 is 2.70 bits per heavy atom. The molecule has 0 saturated carbocycles. The van der Waals surface area contributed by atoms with E-state index in [1.54, 1.807) is 10.9 Å². The molecule has 1 aliphatic heterocycles. The molecule has 27 heavy (non-hydrogen) atoms. The molecule has 1 aliphatic rings. The Labute approximate surface area is 159 Å². The maximum absolute atomic E-state index is 12.7. The molecule has 0 aliphatic carbocycles. The molecule has 0 amide bonds. The maximum atomic E-state index is 12.7. The molecule has 3 aromatic rings. The molecule has 0 radical (unpaired) electrons. The number of fused-ring (bicyclic) bond motifs is 1. The van der Waals surface area contributed by atoms with E-state index in [1.165, 1.54) is 16.8 Å². The van der Waals surface area contributed by atoms with Gasteiger partial charge in [0.05, 0.1) is 24.2 Å². The fourth-order valence-corrected chi connectivity index (χ4v) is 3.70. The Morgan fingerprint density at radius 1 is 1.15 bits per heavy atom. The van der Waals surface area contributed by atoms with Crippen molar-refractivity contribution in [3.05, 3.63) is 59.9 Å². The number of ether oxygens (including phenoxy) is 1. The van der Waals surface area contributed by atoms with Crippen molar-refractivity contribution >= 4 is 22.6 Å². The van der Waals surface area contributed by atoms with Gasteiger partial charge in [-0.1, -0.05) is 30.3 Å². The van der Waals surface area contributed by atoms with Crippen LogP contribution in [0.4, 0.5) is 5.69 Å². The Balaban J connectivity index is 1.48. The Kier molecular flexibility index (Phi) is 5.21. The van der Waals surface area contributed by atoms with E-state index in [2.05, 4.69) is 41.1 Å². The third-order valence-electron chi connectivity index (χ3n) is 5.18. The number of aromatic nitrogens is 2. The summed E-state index contributed by atoms with van der Waals surface area (Å²) in [5.74, 6) is 0.104. The second-order valence-corrected chi connectivity index (χ2v) is 7.07. The van der Waals surface area contributed by atoms with Crippen LogP contribution in [0.2, 0.25) is 0 Å². The first-order valence-electron chi connectivity index (χ1n) is 9.60. The van der Waals surface area contributed by atoms with Gasteiger partial charge in [0.2, 0.25) is 5.91 Å². The summed E-state index contributed by atoms with van der Waals surface area (Å²) < 4.78 is 7.15. The topological polar surface area (TPSA) is 47.4 Å². The second-order valence-electron chi connectivity index (χ2n) is 7.07. The number of benzene rings is 2. The van der Waals surface area contributed by atoms with Crippen molar-refractivity contribution in [3.8, 4) is 0 Å². The summed E-state index contributed by atoms with van der Waals surface area (Å²) in [7, 11) is 0. The van der Waals surface area contributed by atoms with Crippen molar-refractivity contribution in [1.29, 1.82) is 0 Å². The van der Waals surface area contributed by atoms with Crippen LogP contribution in [0.3, 0.4) is 0 Å². The molecule has 1 fully saturated rings. The third kappa shape index (κ3) is 3.88. The van der Waals surface area contributed by atoms with Crippen LogP contribution in [-0.4, -0.2) is 41.8 Å². The number of nitrogens with zero attached hydrogens (tertiary/aromatic N) is 3. The van der Waals surface area contributed by atoms with Gasteiger partial charge in [0, 0.05) is 25.2 Å². The van der Waals surface area contributed by atoms with Gasteiger partial charge in [-0.25, -0.2) is 4.98 Å². The molecular formula is C22H25N3O2. The SMILES string of the molecule is Cc1cc2c(cc1N1CCOCC1)ncn2C(=O)CCCc1ccccc1. The van der Waals surface area contributed by atoms with Crippen molar-refractivity contribution in [3.63, 3.8) is 0 Å². The van der Waals surface area contributed by atoms with Gasteiger partial charge in [0.1, 0.15) is 6.33 Å². The zero-order valence-corrected chi connectivity index (χ0v) is 15.7. The van der Waals surface area contributed by atoms with Gasteiger partial charge in [-0.15, -0.1) is 0 Å². The first-order valence-corrected chi connectivity index (χ1v) is 9.60. The summed E-state index contributed by atoms with van der Waals surface area (Å²) in [6.45, 7) is 5.40. The number of hydrogen-bond acceptors (Lipinski definition) is 4. The highest BCUT2D eigenvalue weighted by molar-refractivity contribution is 5.92. The van der Waals surface area contributed by atoms with Gasteiger partial charge in [-0.05, 0) is 43.0 Å². The monoisotopic (exact) mass is 363 g/mol. The number of morpholine rings is 1. The van der Waals surface area contributed by atoms with E-state index < -0.39 is 0 Å². The highest BCUT2D eigenvalue weighted by Crippen LogP contribution is 2.27. The van der Waals surface area contributed by atoms with Crippen LogP contribution in [0, 0.1) is 6.92 Å². The van der Waals surface area contributed by atoms with Gasteiger partial charge in [0.25, 0.3) is 0 Å². The van der Waals surface area contributed by atoms with E-state index in [1.807, 2.05) is 18.2 Å². The molecule has 140 valence electrons. The molecule has 2 aromatic carbocycles. The zero-order valence-electron chi connectivity index (χ0n) is 15.7. The number of aryl methyl sites for hydroxylation is 2. The van der Waals surface area contributed by atoms with E-state index >= 15 is 0 Å².